The summed E-state index contributed by atoms with van der Waals surface area (Å²) in [6.07, 6.45) is 8.85. The fourth-order valence-electron chi connectivity index (χ4n) is 7.17. The first-order valence-corrected chi connectivity index (χ1v) is 9.69. The zero-order valence-corrected chi connectivity index (χ0v) is 15.2. The van der Waals surface area contributed by atoms with E-state index in [-0.39, 0.29) is 28.4 Å². The Bertz CT molecular complexity index is 635. The third-order valence-electron chi connectivity index (χ3n) is 8.64. The second-order valence-corrected chi connectivity index (χ2v) is 9.39. The Kier molecular flexibility index (Phi) is 3.46. The summed E-state index contributed by atoms with van der Waals surface area (Å²) >= 11 is 0. The minimum Gasteiger partial charge on any atom is -0.389 e. The van der Waals surface area contributed by atoms with Gasteiger partial charge in [0.15, 0.2) is 5.78 Å². The molecule has 0 unspecified atom stereocenters. The summed E-state index contributed by atoms with van der Waals surface area (Å²) in [5.74, 6) is 1.45. The summed E-state index contributed by atoms with van der Waals surface area (Å²) in [6, 6.07) is 0. The fourth-order valence-corrected chi connectivity index (χ4v) is 7.17. The van der Waals surface area contributed by atoms with Crippen LogP contribution < -0.4 is 0 Å². The van der Waals surface area contributed by atoms with Gasteiger partial charge in [0.05, 0.1) is 5.60 Å². The molecule has 0 aromatic heterocycles. The van der Waals surface area contributed by atoms with Crippen molar-refractivity contribution in [2.75, 3.05) is 0 Å². The number of rotatable bonds is 1. The van der Waals surface area contributed by atoms with Gasteiger partial charge in [-0.05, 0) is 75.2 Å². The number of carbonyl (C=O) groups excluding carboxylic acids is 2. The third-order valence-corrected chi connectivity index (χ3v) is 8.64. The van der Waals surface area contributed by atoms with E-state index < -0.39 is 5.60 Å². The van der Waals surface area contributed by atoms with Gasteiger partial charge in [-0.2, -0.15) is 0 Å². The molecule has 4 aliphatic rings. The van der Waals surface area contributed by atoms with Crippen LogP contribution in [-0.4, -0.2) is 22.3 Å². The van der Waals surface area contributed by atoms with E-state index >= 15 is 0 Å². The quantitative estimate of drug-likeness (QED) is 0.795. The summed E-state index contributed by atoms with van der Waals surface area (Å²) in [5, 5.41) is 11.9. The average molecular weight is 330 g/mol. The van der Waals surface area contributed by atoms with Crippen LogP contribution in [0.5, 0.6) is 0 Å². The molecule has 3 saturated carbocycles. The molecule has 0 saturated heterocycles. The van der Waals surface area contributed by atoms with Crippen molar-refractivity contribution in [2.24, 2.45) is 28.6 Å². The number of fused-ring (bicyclic) bond motifs is 5. The van der Waals surface area contributed by atoms with Gasteiger partial charge in [-0.3, -0.25) is 9.59 Å². The van der Waals surface area contributed by atoms with Gasteiger partial charge in [0.2, 0.25) is 0 Å². The second-order valence-electron chi connectivity index (χ2n) is 9.39. The molecule has 0 aromatic carbocycles. The molecular formula is C21H30O3. The number of ketones is 2. The van der Waals surface area contributed by atoms with Crippen molar-refractivity contribution in [3.05, 3.63) is 11.6 Å². The minimum atomic E-state index is -0.701. The third kappa shape index (κ3) is 1.88. The van der Waals surface area contributed by atoms with E-state index in [9.17, 15) is 14.7 Å². The Hall–Kier alpha value is -0.960. The SMILES string of the molecule is CC(=O)[C@H]1CC[C@H]2[C@@H]3CCC4=CC(=O)CC[C@]4(C)[C@]3(O)CC[C@]12C. The van der Waals surface area contributed by atoms with Crippen molar-refractivity contribution >= 4 is 11.6 Å². The van der Waals surface area contributed by atoms with E-state index in [1.165, 1.54) is 5.57 Å². The van der Waals surface area contributed by atoms with Crippen molar-refractivity contribution in [2.45, 2.75) is 77.7 Å². The molecule has 4 aliphatic carbocycles. The first-order chi connectivity index (χ1) is 11.2. The van der Waals surface area contributed by atoms with Crippen LogP contribution in [0.1, 0.15) is 72.1 Å². The van der Waals surface area contributed by atoms with Crippen LogP contribution in [0.25, 0.3) is 0 Å². The Balaban J connectivity index is 1.74. The zero-order chi connectivity index (χ0) is 17.3. The molecule has 0 bridgehead atoms. The molecule has 0 spiro atoms. The largest absolute Gasteiger partial charge is 0.389 e. The number of hydrogen-bond donors (Lipinski definition) is 1. The highest BCUT2D eigenvalue weighted by Crippen LogP contribution is 2.68. The molecule has 3 nitrogen and oxygen atoms in total. The van der Waals surface area contributed by atoms with Crippen LogP contribution in [0.4, 0.5) is 0 Å². The van der Waals surface area contributed by atoms with E-state index in [1.54, 1.807) is 6.92 Å². The maximum Gasteiger partial charge on any atom is 0.155 e. The average Bonchev–Trinajstić information content (AvgIpc) is 2.87. The maximum absolute atomic E-state index is 12.2. The highest BCUT2D eigenvalue weighted by Gasteiger charge is 2.66. The first kappa shape index (κ1) is 16.5. The zero-order valence-electron chi connectivity index (χ0n) is 15.2. The second kappa shape index (κ2) is 5.03. The predicted octanol–water partition coefficient (Wildman–Crippen LogP) is 3.84. The lowest BCUT2D eigenvalue weighted by Gasteiger charge is -2.62. The molecule has 132 valence electrons. The van der Waals surface area contributed by atoms with E-state index in [0.29, 0.717) is 18.1 Å². The van der Waals surface area contributed by atoms with Gasteiger partial charge >= 0.3 is 0 Å². The van der Waals surface area contributed by atoms with Crippen LogP contribution >= 0.6 is 0 Å². The monoisotopic (exact) mass is 330 g/mol. The van der Waals surface area contributed by atoms with Crippen LogP contribution in [0.2, 0.25) is 0 Å². The lowest BCUT2D eigenvalue weighted by molar-refractivity contribution is -0.192. The Morgan fingerprint density at radius 1 is 1.08 bits per heavy atom. The van der Waals surface area contributed by atoms with Gasteiger partial charge in [0, 0.05) is 17.8 Å². The summed E-state index contributed by atoms with van der Waals surface area (Å²) in [4.78, 5) is 24.0. The standard InChI is InChI=1S/C21H30O3/c1-13(22)16-6-7-17-18-5-4-14-12-15(23)8-9-20(14,3)21(18,24)11-10-19(16,17)2/h12,16-18,24H,4-11H2,1-3H3/t16-,17+,18+,19-,20+,21+/m1/s1. The van der Waals surface area contributed by atoms with E-state index in [2.05, 4.69) is 13.8 Å². The summed E-state index contributed by atoms with van der Waals surface area (Å²) in [7, 11) is 0. The van der Waals surface area contributed by atoms with Crippen molar-refractivity contribution in [3.63, 3.8) is 0 Å². The molecule has 0 radical (unpaired) electrons. The van der Waals surface area contributed by atoms with Gasteiger partial charge in [0.25, 0.3) is 0 Å². The van der Waals surface area contributed by atoms with Crippen molar-refractivity contribution in [1.29, 1.82) is 0 Å². The topological polar surface area (TPSA) is 54.4 Å². The van der Waals surface area contributed by atoms with Crippen LogP contribution in [0, 0.1) is 28.6 Å². The van der Waals surface area contributed by atoms with Gasteiger partial charge in [-0.1, -0.05) is 19.4 Å². The maximum atomic E-state index is 12.2. The lowest BCUT2D eigenvalue weighted by atomic mass is 9.44. The lowest BCUT2D eigenvalue weighted by Crippen LogP contribution is -2.63. The number of aliphatic hydroxyl groups is 1. The highest BCUT2D eigenvalue weighted by atomic mass is 16.3. The predicted molar refractivity (Wildman–Crippen MR) is 92.3 cm³/mol. The van der Waals surface area contributed by atoms with Gasteiger partial charge in [-0.15, -0.1) is 0 Å². The van der Waals surface area contributed by atoms with E-state index in [4.69, 9.17) is 0 Å². The van der Waals surface area contributed by atoms with Gasteiger partial charge < -0.3 is 5.11 Å². The summed E-state index contributed by atoms with van der Waals surface area (Å²) < 4.78 is 0. The van der Waals surface area contributed by atoms with Crippen molar-refractivity contribution in [1.82, 2.24) is 0 Å². The molecule has 6 atom stereocenters. The van der Waals surface area contributed by atoms with E-state index in [1.807, 2.05) is 6.08 Å². The van der Waals surface area contributed by atoms with Crippen LogP contribution in [0.3, 0.4) is 0 Å². The van der Waals surface area contributed by atoms with Crippen molar-refractivity contribution in [3.8, 4) is 0 Å². The van der Waals surface area contributed by atoms with Crippen LogP contribution in [-0.2, 0) is 9.59 Å². The smallest absolute Gasteiger partial charge is 0.155 e. The molecule has 24 heavy (non-hydrogen) atoms. The molecular weight excluding hydrogens is 300 g/mol. The summed E-state index contributed by atoms with van der Waals surface area (Å²) in [5.41, 5.74) is 0.292. The van der Waals surface area contributed by atoms with E-state index in [0.717, 1.165) is 44.9 Å². The molecule has 3 fully saturated rings. The first-order valence-electron chi connectivity index (χ1n) is 9.69. The molecule has 0 heterocycles. The highest BCUT2D eigenvalue weighted by molar-refractivity contribution is 5.91. The molecule has 1 N–H and O–H groups in total. The molecule has 3 heteroatoms. The Labute approximate surface area is 144 Å². The fraction of sp³-hybridized carbons (Fsp3) is 0.810. The summed E-state index contributed by atoms with van der Waals surface area (Å²) in [6.45, 7) is 6.24. The minimum absolute atomic E-state index is 0.0603. The van der Waals surface area contributed by atoms with Crippen LogP contribution in [0.15, 0.2) is 11.6 Å². The Morgan fingerprint density at radius 2 is 1.83 bits per heavy atom. The van der Waals surface area contributed by atoms with Gasteiger partial charge in [-0.25, -0.2) is 0 Å². The normalized spacial score (nSPS) is 50.6. The molecule has 0 aromatic rings. The number of carbonyl (C=O) groups is 2. The van der Waals surface area contributed by atoms with Crippen molar-refractivity contribution < 1.29 is 14.7 Å². The Morgan fingerprint density at radius 3 is 2.54 bits per heavy atom. The number of Topliss-reactive ketones (excluding diaryl/α,β-unsaturated/α-hetero) is 1. The molecule has 0 aliphatic heterocycles. The molecule has 0 amide bonds. The molecule has 4 rings (SSSR count). The van der Waals surface area contributed by atoms with Gasteiger partial charge in [0.1, 0.15) is 5.78 Å². The number of hydrogen-bond acceptors (Lipinski definition) is 3.